The quantitative estimate of drug-likeness (QED) is 0.777. The Morgan fingerprint density at radius 3 is 2.90 bits per heavy atom. The molecular weight excluding hydrogens is 266 g/mol. The topological polar surface area (TPSA) is 85.8 Å². The van der Waals surface area contributed by atoms with Crippen LogP contribution in [-0.2, 0) is 17.9 Å². The monoisotopic (exact) mass is 293 g/mol. The summed E-state index contributed by atoms with van der Waals surface area (Å²) in [6, 6.07) is 0.161. The molecule has 3 N–H and O–H groups in total. The van der Waals surface area contributed by atoms with Crippen LogP contribution in [-0.4, -0.2) is 26.7 Å². The lowest BCUT2D eigenvalue weighted by atomic mass is 9.94. The normalized spacial score (nSPS) is 23.2. The molecule has 2 atom stereocenters. The maximum atomic E-state index is 11.6. The Kier molecular flexibility index (Phi) is 5.73. The van der Waals surface area contributed by atoms with E-state index in [0.717, 1.165) is 38.1 Å². The number of hydrogen-bond donors (Lipinski definition) is 2. The summed E-state index contributed by atoms with van der Waals surface area (Å²) in [7, 11) is 0. The summed E-state index contributed by atoms with van der Waals surface area (Å²) < 4.78 is 1.94. The highest BCUT2D eigenvalue weighted by Crippen LogP contribution is 2.23. The van der Waals surface area contributed by atoms with Crippen LogP contribution in [0.3, 0.4) is 0 Å². The van der Waals surface area contributed by atoms with E-state index >= 15 is 0 Å². The first-order valence-electron chi connectivity index (χ1n) is 7.97. The molecule has 0 spiro atoms. The highest BCUT2D eigenvalue weighted by molar-refractivity contribution is 5.77. The van der Waals surface area contributed by atoms with Crippen molar-refractivity contribution in [3.63, 3.8) is 0 Å². The number of nitrogens with zero attached hydrogens (tertiary/aromatic N) is 3. The zero-order valence-corrected chi connectivity index (χ0v) is 13.1. The van der Waals surface area contributed by atoms with Gasteiger partial charge in [-0.25, -0.2) is 9.67 Å². The molecule has 6 heteroatoms. The van der Waals surface area contributed by atoms with Crippen LogP contribution in [0.5, 0.6) is 0 Å². The number of aromatic nitrogens is 3. The van der Waals surface area contributed by atoms with Gasteiger partial charge in [-0.2, -0.15) is 5.10 Å². The average molecular weight is 293 g/mol. The van der Waals surface area contributed by atoms with Crippen molar-refractivity contribution in [3.05, 3.63) is 12.2 Å². The van der Waals surface area contributed by atoms with Gasteiger partial charge in [0.05, 0.1) is 12.5 Å². The Labute approximate surface area is 126 Å². The molecule has 2 rings (SSSR count). The van der Waals surface area contributed by atoms with E-state index in [2.05, 4.69) is 29.2 Å². The molecule has 1 fully saturated rings. The molecule has 1 amide bonds. The smallest absolute Gasteiger partial charge is 0.222 e. The van der Waals surface area contributed by atoms with Crippen LogP contribution < -0.4 is 11.1 Å². The van der Waals surface area contributed by atoms with Crippen molar-refractivity contribution in [2.75, 3.05) is 0 Å². The van der Waals surface area contributed by atoms with Gasteiger partial charge in [0.2, 0.25) is 5.91 Å². The van der Waals surface area contributed by atoms with Crippen molar-refractivity contribution in [2.24, 2.45) is 17.6 Å². The summed E-state index contributed by atoms with van der Waals surface area (Å²) in [4.78, 5) is 16.0. The van der Waals surface area contributed by atoms with Crippen LogP contribution in [0.25, 0.3) is 0 Å². The minimum Gasteiger partial charge on any atom is -0.369 e. The Morgan fingerprint density at radius 2 is 2.19 bits per heavy atom. The molecule has 1 aromatic rings. The summed E-state index contributed by atoms with van der Waals surface area (Å²) in [5, 5.41) is 7.75. The molecular formula is C15H27N5O. The SMILES string of the molecule is CC(C)Cn1ncnc1CNC1CCCCCC1C(N)=O. The van der Waals surface area contributed by atoms with Crippen LogP contribution in [0, 0.1) is 11.8 Å². The van der Waals surface area contributed by atoms with E-state index in [1.807, 2.05) is 4.68 Å². The van der Waals surface area contributed by atoms with Crippen molar-refractivity contribution >= 4 is 5.91 Å². The number of rotatable bonds is 6. The fourth-order valence-electron chi connectivity index (χ4n) is 3.04. The van der Waals surface area contributed by atoms with Crippen LogP contribution in [0.15, 0.2) is 6.33 Å². The Balaban J connectivity index is 1.97. The van der Waals surface area contributed by atoms with E-state index in [1.54, 1.807) is 6.33 Å². The molecule has 0 bridgehead atoms. The third kappa shape index (κ3) is 4.52. The number of nitrogens with two attached hydrogens (primary N) is 1. The molecule has 2 unspecified atom stereocenters. The Hall–Kier alpha value is -1.43. The van der Waals surface area contributed by atoms with Crippen LogP contribution in [0.2, 0.25) is 0 Å². The van der Waals surface area contributed by atoms with E-state index in [0.29, 0.717) is 12.5 Å². The van der Waals surface area contributed by atoms with Crippen LogP contribution in [0.1, 0.15) is 51.8 Å². The number of carbonyl (C=O) groups excluding carboxylic acids is 1. The molecule has 0 aliphatic heterocycles. The number of carbonyl (C=O) groups is 1. The van der Waals surface area contributed by atoms with Gasteiger partial charge < -0.3 is 11.1 Å². The first-order chi connectivity index (χ1) is 10.1. The molecule has 0 saturated heterocycles. The lowest BCUT2D eigenvalue weighted by Gasteiger charge is -2.23. The standard InChI is InChI=1S/C15H27N5O/c1-11(2)9-20-14(18-10-19-20)8-17-13-7-5-3-4-6-12(13)15(16)21/h10-13,17H,3-9H2,1-2H3,(H2,16,21). The molecule has 1 aliphatic rings. The van der Waals surface area contributed by atoms with E-state index in [9.17, 15) is 4.79 Å². The predicted molar refractivity (Wildman–Crippen MR) is 81.3 cm³/mol. The summed E-state index contributed by atoms with van der Waals surface area (Å²) in [6.45, 7) is 5.82. The minimum atomic E-state index is -0.182. The zero-order chi connectivity index (χ0) is 15.2. The second-order valence-corrected chi connectivity index (χ2v) is 6.39. The Morgan fingerprint density at radius 1 is 1.43 bits per heavy atom. The second-order valence-electron chi connectivity index (χ2n) is 6.39. The first-order valence-corrected chi connectivity index (χ1v) is 7.97. The largest absolute Gasteiger partial charge is 0.369 e. The highest BCUT2D eigenvalue weighted by atomic mass is 16.1. The van der Waals surface area contributed by atoms with Gasteiger partial charge in [0.15, 0.2) is 0 Å². The average Bonchev–Trinajstić information content (AvgIpc) is 2.71. The third-order valence-corrected chi connectivity index (χ3v) is 4.14. The number of nitrogens with one attached hydrogen (secondary N) is 1. The third-order valence-electron chi connectivity index (χ3n) is 4.14. The fraction of sp³-hybridized carbons (Fsp3) is 0.800. The molecule has 21 heavy (non-hydrogen) atoms. The number of primary amides is 1. The summed E-state index contributed by atoms with van der Waals surface area (Å²) in [5.41, 5.74) is 5.56. The van der Waals surface area contributed by atoms with E-state index < -0.39 is 0 Å². The van der Waals surface area contributed by atoms with Crippen molar-refractivity contribution in [2.45, 2.75) is 65.1 Å². The summed E-state index contributed by atoms with van der Waals surface area (Å²) >= 11 is 0. The zero-order valence-electron chi connectivity index (χ0n) is 13.1. The van der Waals surface area contributed by atoms with Gasteiger partial charge in [-0.3, -0.25) is 4.79 Å². The van der Waals surface area contributed by atoms with Gasteiger partial charge in [-0.05, 0) is 18.8 Å². The van der Waals surface area contributed by atoms with Gasteiger partial charge in [0.25, 0.3) is 0 Å². The van der Waals surface area contributed by atoms with Crippen LogP contribution in [0.4, 0.5) is 0 Å². The maximum Gasteiger partial charge on any atom is 0.222 e. The minimum absolute atomic E-state index is 0.0611. The van der Waals surface area contributed by atoms with Gasteiger partial charge in [-0.1, -0.05) is 33.1 Å². The lowest BCUT2D eigenvalue weighted by molar-refractivity contribution is -0.122. The van der Waals surface area contributed by atoms with E-state index in [4.69, 9.17) is 5.73 Å². The first kappa shape index (κ1) is 15.9. The number of hydrogen-bond acceptors (Lipinski definition) is 4. The second kappa shape index (κ2) is 7.54. The molecule has 1 saturated carbocycles. The van der Waals surface area contributed by atoms with Gasteiger partial charge in [0.1, 0.15) is 12.2 Å². The summed E-state index contributed by atoms with van der Waals surface area (Å²) in [6.07, 6.45) is 6.93. The number of amides is 1. The highest BCUT2D eigenvalue weighted by Gasteiger charge is 2.27. The molecule has 1 aromatic heterocycles. The van der Waals surface area contributed by atoms with Crippen molar-refractivity contribution in [1.82, 2.24) is 20.1 Å². The lowest BCUT2D eigenvalue weighted by Crippen LogP contribution is -2.42. The molecule has 0 radical (unpaired) electrons. The van der Waals surface area contributed by atoms with Crippen molar-refractivity contribution in [1.29, 1.82) is 0 Å². The fourth-order valence-corrected chi connectivity index (χ4v) is 3.04. The van der Waals surface area contributed by atoms with Crippen molar-refractivity contribution < 1.29 is 4.79 Å². The van der Waals surface area contributed by atoms with E-state index in [-0.39, 0.29) is 17.9 Å². The molecule has 118 valence electrons. The predicted octanol–water partition coefficient (Wildman–Crippen LogP) is 1.46. The van der Waals surface area contributed by atoms with E-state index in [1.165, 1.54) is 6.42 Å². The van der Waals surface area contributed by atoms with Crippen molar-refractivity contribution in [3.8, 4) is 0 Å². The molecule has 0 aromatic carbocycles. The van der Waals surface area contributed by atoms with Gasteiger partial charge in [-0.15, -0.1) is 0 Å². The Bertz CT molecular complexity index is 457. The van der Waals surface area contributed by atoms with Gasteiger partial charge >= 0.3 is 0 Å². The van der Waals surface area contributed by atoms with Crippen LogP contribution >= 0.6 is 0 Å². The molecule has 1 heterocycles. The molecule has 1 aliphatic carbocycles. The molecule has 6 nitrogen and oxygen atoms in total. The van der Waals surface area contributed by atoms with Gasteiger partial charge in [0, 0.05) is 12.6 Å². The summed E-state index contributed by atoms with van der Waals surface area (Å²) in [5.74, 6) is 1.21. The maximum absolute atomic E-state index is 11.6.